The standard InChI is InChI=1S/C26H21N3O4/c27-16-21-13-17(14-25(30)29-32)5-12-24(21)33-23-10-7-19(8-11-23)26(31)28-22-9-6-18-3-1-2-4-20(18)15-22/h1-5,7-8,10-13,22H,6,9,14-15H2,(H,28,31). The number of ether oxygens (including phenoxy) is 1. The lowest BCUT2D eigenvalue weighted by Gasteiger charge is -2.25. The van der Waals surface area contributed by atoms with Gasteiger partial charge in [-0.25, -0.2) is 0 Å². The largest absolute Gasteiger partial charge is 0.456 e. The first-order valence-corrected chi connectivity index (χ1v) is 10.6. The van der Waals surface area contributed by atoms with Gasteiger partial charge in [-0.3, -0.25) is 9.59 Å². The number of aryl methyl sites for hydroxylation is 1. The number of fused-ring (bicyclic) bond motifs is 1. The van der Waals surface area contributed by atoms with Gasteiger partial charge in [0.25, 0.3) is 11.8 Å². The lowest BCUT2D eigenvalue weighted by molar-refractivity contribution is -0.117. The molecule has 0 fully saturated rings. The molecule has 33 heavy (non-hydrogen) atoms. The summed E-state index contributed by atoms with van der Waals surface area (Å²) in [4.78, 5) is 34.2. The average molecular weight is 439 g/mol. The van der Waals surface area contributed by atoms with Gasteiger partial charge in [-0.1, -0.05) is 30.3 Å². The third kappa shape index (κ3) is 5.31. The second-order valence-electron chi connectivity index (χ2n) is 7.91. The molecule has 0 aliphatic heterocycles. The van der Waals surface area contributed by atoms with Crippen LogP contribution < -0.4 is 10.1 Å². The Morgan fingerprint density at radius 3 is 2.55 bits per heavy atom. The maximum absolute atomic E-state index is 12.7. The monoisotopic (exact) mass is 439 g/mol. The first-order chi connectivity index (χ1) is 16.1. The molecule has 0 spiro atoms. The molecule has 0 heterocycles. The summed E-state index contributed by atoms with van der Waals surface area (Å²) in [6.45, 7) is 0. The molecule has 3 aromatic rings. The highest BCUT2D eigenvalue weighted by Crippen LogP contribution is 2.27. The average Bonchev–Trinajstić information content (AvgIpc) is 2.85. The molecule has 0 radical (unpaired) electrons. The fourth-order valence-corrected chi connectivity index (χ4v) is 3.96. The van der Waals surface area contributed by atoms with E-state index < -0.39 is 5.91 Å². The summed E-state index contributed by atoms with van der Waals surface area (Å²) in [5, 5.41) is 14.9. The van der Waals surface area contributed by atoms with Crippen molar-refractivity contribution in [1.29, 1.82) is 5.26 Å². The minimum Gasteiger partial charge on any atom is -0.456 e. The van der Waals surface area contributed by atoms with Gasteiger partial charge in [0, 0.05) is 16.8 Å². The number of amides is 2. The minimum absolute atomic E-state index is 0.0984. The van der Waals surface area contributed by atoms with E-state index in [1.54, 1.807) is 36.4 Å². The quantitative estimate of drug-likeness (QED) is 0.570. The van der Waals surface area contributed by atoms with Crippen LogP contribution in [0.4, 0.5) is 0 Å². The summed E-state index contributed by atoms with van der Waals surface area (Å²) in [5.74, 6) is -0.167. The molecule has 0 saturated carbocycles. The number of hydrogen-bond donors (Lipinski definition) is 1. The van der Waals surface area contributed by atoms with Gasteiger partial charge in [-0.15, -0.1) is 4.91 Å². The van der Waals surface area contributed by atoms with E-state index in [4.69, 9.17) is 4.74 Å². The number of hydrogen-bond acceptors (Lipinski definition) is 5. The first kappa shape index (κ1) is 21.9. The molecule has 1 aliphatic carbocycles. The summed E-state index contributed by atoms with van der Waals surface area (Å²) >= 11 is 0. The van der Waals surface area contributed by atoms with Crippen LogP contribution in [-0.4, -0.2) is 17.9 Å². The Morgan fingerprint density at radius 1 is 1.06 bits per heavy atom. The van der Waals surface area contributed by atoms with Crippen molar-refractivity contribution in [2.45, 2.75) is 31.7 Å². The zero-order chi connectivity index (χ0) is 23.2. The van der Waals surface area contributed by atoms with Gasteiger partial charge >= 0.3 is 0 Å². The third-order valence-corrected chi connectivity index (χ3v) is 5.65. The maximum Gasteiger partial charge on any atom is 0.290 e. The van der Waals surface area contributed by atoms with Crippen LogP contribution in [0.3, 0.4) is 0 Å². The lowest BCUT2D eigenvalue weighted by Crippen LogP contribution is -2.38. The van der Waals surface area contributed by atoms with Crippen LogP contribution in [0.1, 0.15) is 39.0 Å². The molecule has 7 nitrogen and oxygen atoms in total. The number of benzene rings is 3. The molecular formula is C26H21N3O4. The Hall–Kier alpha value is -4.31. The molecule has 1 N–H and O–H groups in total. The van der Waals surface area contributed by atoms with Gasteiger partial charge in [0.1, 0.15) is 17.6 Å². The van der Waals surface area contributed by atoms with E-state index in [2.05, 4.69) is 22.6 Å². The van der Waals surface area contributed by atoms with Gasteiger partial charge in [-0.05, 0) is 72.4 Å². The summed E-state index contributed by atoms with van der Waals surface area (Å²) < 4.78 is 5.79. The van der Waals surface area contributed by atoms with Crippen molar-refractivity contribution in [3.8, 4) is 17.6 Å². The van der Waals surface area contributed by atoms with Crippen LogP contribution in [0.2, 0.25) is 0 Å². The number of nitroso groups, excluding NO2 is 1. The highest BCUT2D eigenvalue weighted by Gasteiger charge is 2.20. The first-order valence-electron chi connectivity index (χ1n) is 10.6. The number of carbonyl (C=O) groups is 2. The molecule has 0 aromatic heterocycles. The molecule has 1 unspecified atom stereocenters. The summed E-state index contributed by atoms with van der Waals surface area (Å²) in [6, 6.07) is 21.8. The molecule has 7 heteroatoms. The van der Waals surface area contributed by atoms with Gasteiger partial charge in [-0.2, -0.15) is 5.26 Å². The predicted molar refractivity (Wildman–Crippen MR) is 122 cm³/mol. The van der Waals surface area contributed by atoms with Gasteiger partial charge in [0.2, 0.25) is 0 Å². The van der Waals surface area contributed by atoms with Crippen molar-refractivity contribution >= 4 is 11.8 Å². The van der Waals surface area contributed by atoms with E-state index in [1.807, 2.05) is 18.2 Å². The van der Waals surface area contributed by atoms with Crippen molar-refractivity contribution in [3.05, 3.63) is 99.5 Å². The number of nitrogens with zero attached hydrogens (tertiary/aromatic N) is 2. The van der Waals surface area contributed by atoms with Crippen molar-refractivity contribution in [2.24, 2.45) is 5.18 Å². The van der Waals surface area contributed by atoms with E-state index in [0.29, 0.717) is 22.6 Å². The molecule has 4 rings (SSSR count). The third-order valence-electron chi connectivity index (χ3n) is 5.65. The molecule has 0 saturated heterocycles. The fraction of sp³-hybridized carbons (Fsp3) is 0.192. The molecule has 1 atom stereocenters. The molecule has 3 aromatic carbocycles. The van der Waals surface area contributed by atoms with Crippen LogP contribution in [0, 0.1) is 16.2 Å². The van der Waals surface area contributed by atoms with E-state index >= 15 is 0 Å². The van der Waals surface area contributed by atoms with E-state index in [1.165, 1.54) is 17.2 Å². The fourth-order valence-electron chi connectivity index (χ4n) is 3.96. The van der Waals surface area contributed by atoms with Crippen LogP contribution in [0.25, 0.3) is 0 Å². The van der Waals surface area contributed by atoms with Crippen LogP contribution >= 0.6 is 0 Å². The van der Waals surface area contributed by atoms with Crippen molar-refractivity contribution < 1.29 is 14.3 Å². The topological polar surface area (TPSA) is 109 Å². The molecular weight excluding hydrogens is 418 g/mol. The smallest absolute Gasteiger partial charge is 0.290 e. The zero-order valence-corrected chi connectivity index (χ0v) is 17.8. The number of carbonyl (C=O) groups excluding carboxylic acids is 2. The lowest BCUT2D eigenvalue weighted by atomic mass is 9.88. The number of nitrogens with one attached hydrogen (secondary N) is 1. The maximum atomic E-state index is 12.7. The van der Waals surface area contributed by atoms with Crippen molar-refractivity contribution in [2.75, 3.05) is 0 Å². The Morgan fingerprint density at radius 2 is 1.82 bits per heavy atom. The predicted octanol–water partition coefficient (Wildman–Crippen LogP) is 4.47. The second-order valence-corrected chi connectivity index (χ2v) is 7.91. The Kier molecular flexibility index (Phi) is 6.56. The van der Waals surface area contributed by atoms with E-state index in [-0.39, 0.29) is 23.9 Å². The highest BCUT2D eigenvalue weighted by atomic mass is 16.5. The minimum atomic E-state index is -0.807. The Bertz CT molecular complexity index is 1250. The highest BCUT2D eigenvalue weighted by molar-refractivity contribution is 5.94. The molecule has 164 valence electrons. The van der Waals surface area contributed by atoms with Crippen molar-refractivity contribution in [3.63, 3.8) is 0 Å². The van der Waals surface area contributed by atoms with E-state index in [0.717, 1.165) is 19.3 Å². The van der Waals surface area contributed by atoms with Crippen molar-refractivity contribution in [1.82, 2.24) is 5.32 Å². The summed E-state index contributed by atoms with van der Waals surface area (Å²) in [7, 11) is 0. The summed E-state index contributed by atoms with van der Waals surface area (Å²) in [6.07, 6.45) is 2.51. The zero-order valence-electron chi connectivity index (χ0n) is 17.8. The summed E-state index contributed by atoms with van der Waals surface area (Å²) in [5.41, 5.74) is 3.88. The van der Waals surface area contributed by atoms with Crippen LogP contribution in [0.15, 0.2) is 71.9 Å². The number of nitriles is 1. The normalized spacial score (nSPS) is 14.5. The molecule has 1 aliphatic rings. The van der Waals surface area contributed by atoms with Crippen LogP contribution in [0.5, 0.6) is 11.5 Å². The molecule has 0 bridgehead atoms. The van der Waals surface area contributed by atoms with Gasteiger partial charge in [0.05, 0.1) is 12.0 Å². The Labute approximate surface area is 191 Å². The molecule has 2 amide bonds. The number of rotatable bonds is 6. The Balaban J connectivity index is 1.39. The van der Waals surface area contributed by atoms with Gasteiger partial charge < -0.3 is 10.1 Å². The second kappa shape index (κ2) is 9.88. The van der Waals surface area contributed by atoms with Gasteiger partial charge in [0.15, 0.2) is 0 Å². The SMILES string of the molecule is N#Cc1cc(CC(=O)N=O)ccc1Oc1ccc(C(=O)NC2CCc3ccccc3C2)cc1. The van der Waals surface area contributed by atoms with Crippen LogP contribution in [-0.2, 0) is 24.1 Å². The van der Waals surface area contributed by atoms with E-state index in [9.17, 15) is 19.8 Å².